The summed E-state index contributed by atoms with van der Waals surface area (Å²) in [5.41, 5.74) is 17.5. The third-order valence-corrected chi connectivity index (χ3v) is 12.5. The van der Waals surface area contributed by atoms with Crippen LogP contribution in [0.25, 0.3) is 60.9 Å². The largest absolute Gasteiger partial charge is 0.453 e. The molecule has 0 fully saturated rings. The van der Waals surface area contributed by atoms with Crippen LogP contribution in [0.5, 0.6) is 0 Å². The molecule has 12 rings (SSSR count). The summed E-state index contributed by atoms with van der Waals surface area (Å²) in [6.45, 7) is 0. The van der Waals surface area contributed by atoms with Gasteiger partial charge in [0, 0.05) is 39.0 Å². The van der Waals surface area contributed by atoms with Crippen molar-refractivity contribution in [1.29, 1.82) is 0 Å². The predicted molar refractivity (Wildman–Crippen MR) is 248 cm³/mol. The van der Waals surface area contributed by atoms with Gasteiger partial charge >= 0.3 is 0 Å². The lowest BCUT2D eigenvalue weighted by molar-refractivity contribution is 0.674. The van der Waals surface area contributed by atoms with E-state index >= 15 is 0 Å². The average Bonchev–Trinajstić information content (AvgIpc) is 3.96. The Morgan fingerprint density at radius 3 is 1.67 bits per heavy atom. The SMILES string of the molecule is c1ccc(N(c2cccc(C3(c4ccccc4)c4ccccc4-c4ccccc43)c2)c2ccccc2-c2cccc3c2oc2c4ccccc4n(-c4ccccc4)c32)cc1. The Bertz CT molecular complexity index is 3330. The average molecular weight is 767 g/mol. The Balaban J connectivity index is 1.10. The molecule has 0 spiro atoms. The van der Waals surface area contributed by atoms with Crippen molar-refractivity contribution in [3.8, 4) is 27.9 Å². The molecule has 3 nitrogen and oxygen atoms in total. The van der Waals surface area contributed by atoms with E-state index in [0.29, 0.717) is 0 Å². The van der Waals surface area contributed by atoms with Crippen LogP contribution in [-0.2, 0) is 5.41 Å². The van der Waals surface area contributed by atoms with Crippen LogP contribution in [0, 0.1) is 0 Å². The van der Waals surface area contributed by atoms with Crippen LogP contribution < -0.4 is 4.90 Å². The van der Waals surface area contributed by atoms with Crippen LogP contribution in [-0.4, -0.2) is 4.57 Å². The lowest BCUT2D eigenvalue weighted by Gasteiger charge is -2.35. The molecule has 2 heterocycles. The highest BCUT2D eigenvalue weighted by atomic mass is 16.3. The molecule has 0 amide bonds. The molecule has 1 aliphatic carbocycles. The number of hydrogen-bond acceptors (Lipinski definition) is 2. The van der Waals surface area contributed by atoms with E-state index in [0.717, 1.165) is 66.8 Å². The quantitative estimate of drug-likeness (QED) is 0.161. The Hall–Kier alpha value is -7.88. The molecule has 0 unspecified atom stereocenters. The van der Waals surface area contributed by atoms with E-state index in [-0.39, 0.29) is 0 Å². The first-order valence-corrected chi connectivity index (χ1v) is 20.6. The van der Waals surface area contributed by atoms with Gasteiger partial charge in [-0.05, 0) is 94.0 Å². The van der Waals surface area contributed by atoms with Gasteiger partial charge < -0.3 is 13.9 Å². The topological polar surface area (TPSA) is 21.3 Å². The van der Waals surface area contributed by atoms with Crippen molar-refractivity contribution in [3.05, 3.63) is 253 Å². The highest BCUT2D eigenvalue weighted by molar-refractivity contribution is 6.19. The van der Waals surface area contributed by atoms with Crippen LogP contribution in [0.1, 0.15) is 22.3 Å². The number of para-hydroxylation sites is 5. The molecule has 0 radical (unpaired) electrons. The number of anilines is 3. The summed E-state index contributed by atoms with van der Waals surface area (Å²) in [6, 6.07) is 83.3. The molecule has 0 atom stereocenters. The lowest BCUT2D eigenvalue weighted by Crippen LogP contribution is -2.28. The third kappa shape index (κ3) is 4.96. The summed E-state index contributed by atoms with van der Waals surface area (Å²) in [4.78, 5) is 2.41. The highest BCUT2D eigenvalue weighted by Crippen LogP contribution is 2.57. The number of hydrogen-bond donors (Lipinski definition) is 0. The van der Waals surface area contributed by atoms with Crippen molar-refractivity contribution in [1.82, 2.24) is 4.57 Å². The number of aromatic nitrogens is 1. The van der Waals surface area contributed by atoms with Gasteiger partial charge in [0.05, 0.1) is 16.6 Å². The fourth-order valence-corrected chi connectivity index (χ4v) is 10.0. The molecule has 0 saturated carbocycles. The van der Waals surface area contributed by atoms with E-state index in [1.165, 1.54) is 33.4 Å². The molecule has 0 saturated heterocycles. The zero-order chi connectivity index (χ0) is 39.6. The Morgan fingerprint density at radius 2 is 0.917 bits per heavy atom. The molecule has 3 heteroatoms. The number of fused-ring (bicyclic) bond motifs is 8. The first-order valence-electron chi connectivity index (χ1n) is 20.6. The molecule has 9 aromatic carbocycles. The van der Waals surface area contributed by atoms with E-state index in [1.54, 1.807) is 0 Å². The highest BCUT2D eigenvalue weighted by Gasteiger charge is 2.46. The first-order chi connectivity index (χ1) is 29.8. The van der Waals surface area contributed by atoms with Crippen LogP contribution in [0.2, 0.25) is 0 Å². The second-order valence-electron chi connectivity index (χ2n) is 15.6. The number of rotatable bonds is 7. The third-order valence-electron chi connectivity index (χ3n) is 12.5. The second kappa shape index (κ2) is 13.6. The maximum absolute atomic E-state index is 7.08. The van der Waals surface area contributed by atoms with Crippen molar-refractivity contribution in [2.45, 2.75) is 5.41 Å². The zero-order valence-corrected chi connectivity index (χ0v) is 32.7. The number of nitrogens with zero attached hydrogens (tertiary/aromatic N) is 2. The van der Waals surface area contributed by atoms with Gasteiger partial charge in [-0.2, -0.15) is 0 Å². The second-order valence-corrected chi connectivity index (χ2v) is 15.6. The van der Waals surface area contributed by atoms with Gasteiger partial charge in [0.1, 0.15) is 11.1 Å². The van der Waals surface area contributed by atoms with Gasteiger partial charge in [-0.15, -0.1) is 0 Å². The van der Waals surface area contributed by atoms with Gasteiger partial charge in [0.15, 0.2) is 5.58 Å². The summed E-state index contributed by atoms with van der Waals surface area (Å²) < 4.78 is 9.42. The maximum atomic E-state index is 7.08. The summed E-state index contributed by atoms with van der Waals surface area (Å²) in [7, 11) is 0. The van der Waals surface area contributed by atoms with E-state index in [9.17, 15) is 0 Å². The minimum Gasteiger partial charge on any atom is -0.453 e. The fourth-order valence-electron chi connectivity index (χ4n) is 10.0. The minimum absolute atomic E-state index is 0.520. The molecular formula is C57H38N2O. The van der Waals surface area contributed by atoms with Crippen LogP contribution in [0.4, 0.5) is 17.1 Å². The number of benzene rings is 9. The Labute approximate surface area is 348 Å². The lowest BCUT2D eigenvalue weighted by atomic mass is 9.67. The van der Waals surface area contributed by atoms with Crippen molar-refractivity contribution in [2.24, 2.45) is 0 Å². The van der Waals surface area contributed by atoms with Crippen molar-refractivity contribution in [2.75, 3.05) is 4.90 Å². The van der Waals surface area contributed by atoms with E-state index < -0.39 is 5.41 Å². The zero-order valence-electron chi connectivity index (χ0n) is 32.7. The summed E-state index contributed by atoms with van der Waals surface area (Å²) in [5.74, 6) is 0. The van der Waals surface area contributed by atoms with Gasteiger partial charge in [-0.1, -0.05) is 170 Å². The monoisotopic (exact) mass is 766 g/mol. The van der Waals surface area contributed by atoms with Gasteiger partial charge in [-0.25, -0.2) is 0 Å². The Kier molecular flexibility index (Phi) is 7.76. The van der Waals surface area contributed by atoms with E-state index in [1.807, 2.05) is 0 Å². The summed E-state index contributed by atoms with van der Waals surface area (Å²) in [6.07, 6.45) is 0. The molecular weight excluding hydrogens is 729 g/mol. The Morgan fingerprint density at radius 1 is 0.383 bits per heavy atom. The summed E-state index contributed by atoms with van der Waals surface area (Å²) in [5, 5.41) is 2.17. The molecule has 282 valence electrons. The van der Waals surface area contributed by atoms with Gasteiger partial charge in [-0.3, -0.25) is 0 Å². The summed E-state index contributed by atoms with van der Waals surface area (Å²) >= 11 is 0. The standard InChI is InChI=1S/C57H38N2O/c1-4-20-39(21-5-1)57(50-34-14-10-28-44(50)45-29-11-15-35-51(45)57)40-22-18-27-43(38-40)58(41-23-6-2-7-24-41)52-36-16-12-30-46(52)47-32-19-33-49-54-56(60-55(47)49)48-31-13-17-37-53(48)59(54)42-25-8-3-9-26-42/h1-38H. The maximum Gasteiger partial charge on any atom is 0.161 e. The van der Waals surface area contributed by atoms with Crippen LogP contribution in [0.15, 0.2) is 235 Å². The molecule has 0 aliphatic heterocycles. The molecule has 60 heavy (non-hydrogen) atoms. The van der Waals surface area contributed by atoms with E-state index in [4.69, 9.17) is 4.42 Å². The molecule has 1 aliphatic rings. The molecule has 0 bridgehead atoms. The van der Waals surface area contributed by atoms with Gasteiger partial charge in [0.25, 0.3) is 0 Å². The van der Waals surface area contributed by atoms with Crippen LogP contribution in [0.3, 0.4) is 0 Å². The molecule has 2 aromatic heterocycles. The predicted octanol–water partition coefficient (Wildman–Crippen LogP) is 15.0. The minimum atomic E-state index is -0.520. The smallest absolute Gasteiger partial charge is 0.161 e. The van der Waals surface area contributed by atoms with E-state index in [2.05, 4.69) is 240 Å². The molecule has 0 N–H and O–H groups in total. The van der Waals surface area contributed by atoms with Crippen molar-refractivity contribution in [3.63, 3.8) is 0 Å². The normalized spacial score (nSPS) is 12.8. The number of furan rings is 1. The first kappa shape index (κ1) is 34.2. The van der Waals surface area contributed by atoms with Crippen molar-refractivity contribution < 1.29 is 4.42 Å². The van der Waals surface area contributed by atoms with Crippen molar-refractivity contribution >= 4 is 50.0 Å². The molecule has 11 aromatic rings. The van der Waals surface area contributed by atoms with Crippen LogP contribution >= 0.6 is 0 Å². The van der Waals surface area contributed by atoms with Gasteiger partial charge in [0.2, 0.25) is 0 Å². The fraction of sp³-hybridized carbons (Fsp3) is 0.0175.